The summed E-state index contributed by atoms with van der Waals surface area (Å²) in [5, 5.41) is 8.96. The lowest BCUT2D eigenvalue weighted by Gasteiger charge is -2.38. The summed E-state index contributed by atoms with van der Waals surface area (Å²) < 4.78 is 0. The van der Waals surface area contributed by atoms with Crippen molar-refractivity contribution in [3.8, 4) is 0 Å². The Morgan fingerprint density at radius 3 is 2.62 bits per heavy atom. The van der Waals surface area contributed by atoms with E-state index >= 15 is 0 Å². The smallest absolute Gasteiger partial charge is 0.252 e. The van der Waals surface area contributed by atoms with Crippen LogP contribution in [-0.4, -0.2) is 28.2 Å². The minimum absolute atomic E-state index is 0.0203. The molecule has 3 amide bonds. The van der Waals surface area contributed by atoms with E-state index in [2.05, 4.69) is 20.9 Å². The van der Waals surface area contributed by atoms with Crippen LogP contribution in [0.25, 0.3) is 0 Å². The highest BCUT2D eigenvalue weighted by atomic mass is 16.2. The number of pyridine rings is 1. The number of carbonyl (C=O) groups excluding carboxylic acids is 3. The van der Waals surface area contributed by atoms with Crippen LogP contribution in [0, 0.1) is 0 Å². The van der Waals surface area contributed by atoms with Gasteiger partial charge in [0.1, 0.15) is 5.82 Å². The number of rotatable bonds is 7. The van der Waals surface area contributed by atoms with Gasteiger partial charge in [-0.3, -0.25) is 14.4 Å². The zero-order chi connectivity index (χ0) is 22.6. The van der Waals surface area contributed by atoms with Crippen molar-refractivity contribution in [1.29, 1.82) is 0 Å². The average molecular weight is 435 g/mol. The van der Waals surface area contributed by atoms with Gasteiger partial charge in [0.15, 0.2) is 0 Å². The van der Waals surface area contributed by atoms with E-state index in [9.17, 15) is 14.4 Å². The number of aryl methyl sites for hydroxylation is 1. The maximum atomic E-state index is 13.0. The van der Waals surface area contributed by atoms with Gasteiger partial charge in [0.25, 0.3) is 5.91 Å². The third-order valence-electron chi connectivity index (χ3n) is 6.51. The Morgan fingerprint density at radius 1 is 1.12 bits per heavy atom. The highest BCUT2D eigenvalue weighted by Crippen LogP contribution is 2.33. The third-order valence-corrected chi connectivity index (χ3v) is 6.51. The molecule has 1 aromatic heterocycles. The fourth-order valence-electron chi connectivity index (χ4n) is 4.89. The van der Waals surface area contributed by atoms with E-state index in [1.165, 1.54) is 13.3 Å². The van der Waals surface area contributed by atoms with Crippen LogP contribution >= 0.6 is 0 Å². The molecule has 2 aliphatic rings. The number of amides is 3. The van der Waals surface area contributed by atoms with E-state index < -0.39 is 0 Å². The zero-order valence-electron chi connectivity index (χ0n) is 18.4. The molecule has 2 heterocycles. The van der Waals surface area contributed by atoms with E-state index in [4.69, 9.17) is 0 Å². The normalized spacial score (nSPS) is 19.0. The minimum Gasteiger partial charge on any atom is -0.351 e. The number of hydrogen-bond acceptors (Lipinski definition) is 4. The van der Waals surface area contributed by atoms with Gasteiger partial charge in [-0.2, -0.15) is 0 Å². The molecule has 0 unspecified atom stereocenters. The molecule has 0 spiro atoms. The molecule has 1 fully saturated rings. The van der Waals surface area contributed by atoms with Crippen molar-refractivity contribution in [2.24, 2.45) is 0 Å². The standard InChI is InChI=1S/C25H30N4O3/c1-17(30)27-22-10-9-18(16-26-22)11-14-25(12-5-2-6-13-25)29-23(31)15-21-19-7-3-4-8-20(19)24(32)28-21/h3-4,7-10,16,21H,2,5-6,11-15H2,1H3,(H,28,32)(H,29,31)(H,26,27,30)/t21-/m0/s1. The van der Waals surface area contributed by atoms with Crippen LogP contribution in [0.2, 0.25) is 0 Å². The summed E-state index contributed by atoms with van der Waals surface area (Å²) >= 11 is 0. The van der Waals surface area contributed by atoms with Crippen LogP contribution in [0.5, 0.6) is 0 Å². The fourth-order valence-corrected chi connectivity index (χ4v) is 4.89. The van der Waals surface area contributed by atoms with Crippen LogP contribution in [0.3, 0.4) is 0 Å². The van der Waals surface area contributed by atoms with Crippen molar-refractivity contribution in [1.82, 2.24) is 15.6 Å². The molecule has 0 saturated heterocycles. The van der Waals surface area contributed by atoms with Gasteiger partial charge in [0.05, 0.1) is 12.5 Å². The summed E-state index contributed by atoms with van der Waals surface area (Å²) in [5.74, 6) is 0.269. The summed E-state index contributed by atoms with van der Waals surface area (Å²) in [7, 11) is 0. The predicted molar refractivity (Wildman–Crippen MR) is 122 cm³/mol. The summed E-state index contributed by atoms with van der Waals surface area (Å²) in [6, 6.07) is 11.0. The quantitative estimate of drug-likeness (QED) is 0.619. The van der Waals surface area contributed by atoms with Crippen molar-refractivity contribution in [3.05, 3.63) is 59.3 Å². The summed E-state index contributed by atoms with van der Waals surface area (Å²) in [5.41, 5.74) is 2.41. The lowest BCUT2D eigenvalue weighted by atomic mass is 9.77. The van der Waals surface area contributed by atoms with Crippen molar-refractivity contribution in [3.63, 3.8) is 0 Å². The first-order valence-electron chi connectivity index (χ1n) is 11.4. The lowest BCUT2D eigenvalue weighted by molar-refractivity contribution is -0.124. The number of benzene rings is 1. The minimum atomic E-state index is -0.273. The molecule has 168 valence electrons. The van der Waals surface area contributed by atoms with E-state index in [1.54, 1.807) is 12.3 Å². The Bertz CT molecular complexity index is 997. The van der Waals surface area contributed by atoms with Gasteiger partial charge >= 0.3 is 0 Å². The first kappa shape index (κ1) is 22.0. The predicted octanol–water partition coefficient (Wildman–Crippen LogP) is 3.67. The number of anilines is 1. The first-order chi connectivity index (χ1) is 15.4. The fraction of sp³-hybridized carbons (Fsp3) is 0.440. The Balaban J connectivity index is 1.39. The van der Waals surface area contributed by atoms with Crippen LogP contribution in [0.4, 0.5) is 5.82 Å². The van der Waals surface area contributed by atoms with Crippen molar-refractivity contribution >= 4 is 23.5 Å². The maximum absolute atomic E-state index is 13.0. The number of nitrogens with one attached hydrogen (secondary N) is 3. The molecule has 0 radical (unpaired) electrons. The van der Waals surface area contributed by atoms with Crippen molar-refractivity contribution in [2.45, 2.75) is 69.9 Å². The van der Waals surface area contributed by atoms with E-state index in [1.807, 2.05) is 30.3 Å². The molecule has 2 aromatic rings. The molecule has 3 N–H and O–H groups in total. The third kappa shape index (κ3) is 5.15. The molecule has 1 saturated carbocycles. The van der Waals surface area contributed by atoms with Crippen molar-refractivity contribution < 1.29 is 14.4 Å². The summed E-state index contributed by atoms with van der Waals surface area (Å²) in [4.78, 5) is 40.7. The Labute approximate surface area is 188 Å². The Hall–Kier alpha value is -3.22. The Morgan fingerprint density at radius 2 is 1.91 bits per heavy atom. The van der Waals surface area contributed by atoms with Gasteiger partial charge in [-0.25, -0.2) is 4.98 Å². The van der Waals surface area contributed by atoms with Crippen molar-refractivity contribution in [2.75, 3.05) is 5.32 Å². The number of nitrogens with zero attached hydrogens (tertiary/aromatic N) is 1. The van der Waals surface area contributed by atoms with E-state index in [0.29, 0.717) is 11.4 Å². The number of fused-ring (bicyclic) bond motifs is 1. The second-order valence-electron chi connectivity index (χ2n) is 8.94. The molecule has 1 aliphatic heterocycles. The topological polar surface area (TPSA) is 100 Å². The number of carbonyl (C=O) groups is 3. The molecular formula is C25H30N4O3. The summed E-state index contributed by atoms with van der Waals surface area (Å²) in [6.45, 7) is 1.46. The molecule has 7 heteroatoms. The van der Waals surface area contributed by atoms with Gasteiger partial charge in [0.2, 0.25) is 11.8 Å². The Kier molecular flexibility index (Phi) is 6.53. The van der Waals surface area contributed by atoms with Gasteiger partial charge in [-0.15, -0.1) is 0 Å². The second kappa shape index (κ2) is 9.51. The number of hydrogen-bond donors (Lipinski definition) is 3. The van der Waals surface area contributed by atoms with E-state index in [0.717, 1.165) is 49.7 Å². The van der Waals surface area contributed by atoms with Gasteiger partial charge in [-0.05, 0) is 48.9 Å². The SMILES string of the molecule is CC(=O)Nc1ccc(CCC2(NC(=O)C[C@@H]3NC(=O)c4ccccc43)CCCCC2)cn1. The molecule has 32 heavy (non-hydrogen) atoms. The largest absolute Gasteiger partial charge is 0.351 e. The highest BCUT2D eigenvalue weighted by Gasteiger charge is 2.35. The zero-order valence-corrected chi connectivity index (χ0v) is 18.4. The molecular weight excluding hydrogens is 404 g/mol. The monoisotopic (exact) mass is 434 g/mol. The van der Waals surface area contributed by atoms with Gasteiger partial charge in [0, 0.05) is 24.2 Å². The van der Waals surface area contributed by atoms with Crippen LogP contribution in [-0.2, 0) is 16.0 Å². The first-order valence-corrected chi connectivity index (χ1v) is 11.4. The van der Waals surface area contributed by atoms with Gasteiger partial charge < -0.3 is 16.0 Å². The molecule has 4 rings (SSSR count). The number of aromatic nitrogens is 1. The highest BCUT2D eigenvalue weighted by molar-refractivity contribution is 5.99. The maximum Gasteiger partial charge on any atom is 0.252 e. The van der Waals surface area contributed by atoms with E-state index in [-0.39, 0.29) is 35.7 Å². The lowest BCUT2D eigenvalue weighted by Crippen LogP contribution is -2.50. The molecule has 1 atom stereocenters. The van der Waals surface area contributed by atoms with Crippen LogP contribution < -0.4 is 16.0 Å². The average Bonchev–Trinajstić information content (AvgIpc) is 3.09. The van der Waals surface area contributed by atoms with Crippen LogP contribution in [0.15, 0.2) is 42.6 Å². The van der Waals surface area contributed by atoms with Crippen LogP contribution in [0.1, 0.15) is 79.4 Å². The van der Waals surface area contributed by atoms with Gasteiger partial charge in [-0.1, -0.05) is 43.5 Å². The molecule has 1 aliphatic carbocycles. The summed E-state index contributed by atoms with van der Waals surface area (Å²) in [6.07, 6.45) is 8.99. The molecule has 1 aromatic carbocycles. The molecule has 7 nitrogen and oxygen atoms in total. The molecule has 0 bridgehead atoms. The second-order valence-corrected chi connectivity index (χ2v) is 8.94.